The number of fused-ring (bicyclic) bond motifs is 1. The van der Waals surface area contributed by atoms with Crippen LogP contribution in [0.15, 0.2) is 57.8 Å². The van der Waals surface area contributed by atoms with E-state index in [-0.39, 0.29) is 23.5 Å². The van der Waals surface area contributed by atoms with Gasteiger partial charge in [0.05, 0.1) is 11.0 Å². The van der Waals surface area contributed by atoms with Crippen molar-refractivity contribution in [3.8, 4) is 0 Å². The molecule has 0 spiro atoms. The summed E-state index contributed by atoms with van der Waals surface area (Å²) in [5, 5.41) is 0. The number of hydrogen-bond acceptors (Lipinski definition) is 3. The average molecular weight is 483 g/mol. The van der Waals surface area contributed by atoms with Gasteiger partial charge >= 0.3 is 5.69 Å². The Morgan fingerprint density at radius 3 is 2.52 bits per heavy atom. The number of anilines is 1. The number of H-pyrrole nitrogens is 1. The van der Waals surface area contributed by atoms with Crippen molar-refractivity contribution in [3.63, 3.8) is 0 Å². The molecule has 7 nitrogen and oxygen atoms in total. The Labute approximate surface area is 187 Å². The maximum absolute atomic E-state index is 13.1. The van der Waals surface area contributed by atoms with Gasteiger partial charge in [-0.25, -0.2) is 4.79 Å². The quantitative estimate of drug-likeness (QED) is 0.581. The second kappa shape index (κ2) is 8.00. The minimum Gasteiger partial charge on any atom is -0.342 e. The maximum atomic E-state index is 13.1. The maximum Gasteiger partial charge on any atom is 0.326 e. The number of benzene rings is 2. The Balaban J connectivity index is 1.27. The Kier molecular flexibility index (Phi) is 5.17. The molecule has 2 aromatic carbocycles. The molecule has 0 saturated carbocycles. The molecule has 1 atom stereocenters. The first-order valence-corrected chi connectivity index (χ1v) is 11.4. The highest BCUT2D eigenvalue weighted by molar-refractivity contribution is 9.10. The number of carbonyl (C=O) groups is 2. The van der Waals surface area contributed by atoms with E-state index in [1.807, 2.05) is 53.1 Å². The van der Waals surface area contributed by atoms with Crippen molar-refractivity contribution in [2.24, 2.45) is 5.92 Å². The summed E-state index contributed by atoms with van der Waals surface area (Å²) in [7, 11) is 0. The van der Waals surface area contributed by atoms with E-state index < -0.39 is 5.92 Å². The molecule has 1 N–H and O–H groups in total. The minimum atomic E-state index is -0.619. The SMILES string of the molecule is O=C(C1CCN(c2cccc(Br)c2)C1=O)N1CCC(n2c(=O)[nH]c3ccccc32)CC1. The number of carbonyl (C=O) groups excluding carboxylic acids is 2. The summed E-state index contributed by atoms with van der Waals surface area (Å²) in [5.41, 5.74) is 2.43. The lowest BCUT2D eigenvalue weighted by atomic mass is 10.0. The van der Waals surface area contributed by atoms with Crippen molar-refractivity contribution < 1.29 is 9.59 Å². The topological polar surface area (TPSA) is 78.4 Å². The van der Waals surface area contributed by atoms with Gasteiger partial charge in [0.15, 0.2) is 0 Å². The van der Waals surface area contributed by atoms with Gasteiger partial charge in [0.25, 0.3) is 0 Å². The Morgan fingerprint density at radius 1 is 0.968 bits per heavy atom. The third-order valence-corrected chi connectivity index (χ3v) is 6.88. The van der Waals surface area contributed by atoms with Gasteiger partial charge in [-0.2, -0.15) is 0 Å². The van der Waals surface area contributed by atoms with Crippen molar-refractivity contribution in [2.45, 2.75) is 25.3 Å². The van der Waals surface area contributed by atoms with Crippen LogP contribution in [0, 0.1) is 5.92 Å². The number of likely N-dealkylation sites (tertiary alicyclic amines) is 1. The predicted octanol–water partition coefficient (Wildman–Crippen LogP) is 3.31. The summed E-state index contributed by atoms with van der Waals surface area (Å²) < 4.78 is 2.72. The summed E-state index contributed by atoms with van der Waals surface area (Å²) >= 11 is 3.44. The molecule has 0 aliphatic carbocycles. The number of imidazole rings is 1. The molecule has 2 aliphatic heterocycles. The zero-order chi connectivity index (χ0) is 21.5. The molecule has 31 heavy (non-hydrogen) atoms. The molecule has 3 aromatic rings. The van der Waals surface area contributed by atoms with Gasteiger partial charge in [0.1, 0.15) is 5.92 Å². The molecule has 1 unspecified atom stereocenters. The zero-order valence-corrected chi connectivity index (χ0v) is 18.5. The third kappa shape index (κ3) is 3.59. The third-order valence-electron chi connectivity index (χ3n) is 6.39. The summed E-state index contributed by atoms with van der Waals surface area (Å²) in [4.78, 5) is 45.0. The lowest BCUT2D eigenvalue weighted by Crippen LogP contribution is -2.45. The van der Waals surface area contributed by atoms with Crippen molar-refractivity contribution in [3.05, 3.63) is 63.5 Å². The zero-order valence-electron chi connectivity index (χ0n) is 17.0. The molecular formula is C23H23BrN4O3. The standard InChI is InChI=1S/C23H23BrN4O3/c24-15-4-3-5-17(14-15)27-13-10-18(22(27)30)21(29)26-11-8-16(9-12-26)28-20-7-2-1-6-19(20)25-23(28)31/h1-7,14,16,18H,8-13H2,(H,25,31). The molecule has 3 heterocycles. The lowest BCUT2D eigenvalue weighted by Gasteiger charge is -2.33. The van der Waals surface area contributed by atoms with Crippen molar-refractivity contribution in [1.29, 1.82) is 0 Å². The Hall–Kier alpha value is -2.87. The smallest absolute Gasteiger partial charge is 0.326 e. The number of aromatic nitrogens is 2. The number of aromatic amines is 1. The number of amides is 2. The normalized spacial score (nSPS) is 20.0. The average Bonchev–Trinajstić information content (AvgIpc) is 3.32. The number of para-hydroxylation sites is 2. The molecule has 1 aromatic heterocycles. The van der Waals surface area contributed by atoms with Crippen LogP contribution in [-0.2, 0) is 9.59 Å². The van der Waals surface area contributed by atoms with Gasteiger partial charge in [-0.3, -0.25) is 14.2 Å². The van der Waals surface area contributed by atoms with E-state index in [0.717, 1.165) is 21.2 Å². The molecular weight excluding hydrogens is 460 g/mol. The van der Waals surface area contributed by atoms with Crippen LogP contribution in [0.25, 0.3) is 11.0 Å². The molecule has 160 valence electrons. The summed E-state index contributed by atoms with van der Waals surface area (Å²) in [6, 6.07) is 15.3. The second-order valence-electron chi connectivity index (χ2n) is 8.18. The fourth-order valence-electron chi connectivity index (χ4n) is 4.81. The number of halogens is 1. The van der Waals surface area contributed by atoms with E-state index >= 15 is 0 Å². The molecule has 2 amide bonds. The van der Waals surface area contributed by atoms with Crippen LogP contribution in [-0.4, -0.2) is 45.9 Å². The van der Waals surface area contributed by atoms with E-state index in [0.29, 0.717) is 38.9 Å². The first-order chi connectivity index (χ1) is 15.0. The minimum absolute atomic E-state index is 0.0464. The van der Waals surface area contributed by atoms with E-state index in [1.54, 1.807) is 9.80 Å². The fraction of sp³-hybridized carbons (Fsp3) is 0.348. The molecule has 8 heteroatoms. The van der Waals surface area contributed by atoms with Gasteiger partial charge in [-0.05, 0) is 49.6 Å². The van der Waals surface area contributed by atoms with Crippen molar-refractivity contribution in [2.75, 3.05) is 24.5 Å². The Bertz CT molecular complexity index is 1210. The number of piperidine rings is 1. The number of nitrogens with one attached hydrogen (secondary N) is 1. The monoisotopic (exact) mass is 482 g/mol. The highest BCUT2D eigenvalue weighted by Crippen LogP contribution is 2.30. The van der Waals surface area contributed by atoms with Crippen LogP contribution >= 0.6 is 15.9 Å². The lowest BCUT2D eigenvalue weighted by molar-refractivity contribution is -0.140. The van der Waals surface area contributed by atoms with Gasteiger partial charge in [0, 0.05) is 35.8 Å². The molecule has 0 bridgehead atoms. The number of rotatable bonds is 3. The molecule has 0 radical (unpaired) electrons. The van der Waals surface area contributed by atoms with Gasteiger partial charge in [-0.15, -0.1) is 0 Å². The van der Waals surface area contributed by atoms with Crippen LogP contribution in [0.4, 0.5) is 5.69 Å². The van der Waals surface area contributed by atoms with Crippen LogP contribution in [0.3, 0.4) is 0 Å². The Morgan fingerprint density at radius 2 is 1.74 bits per heavy atom. The van der Waals surface area contributed by atoms with E-state index in [9.17, 15) is 14.4 Å². The van der Waals surface area contributed by atoms with Gasteiger partial charge in [0.2, 0.25) is 11.8 Å². The van der Waals surface area contributed by atoms with Gasteiger partial charge < -0.3 is 14.8 Å². The molecule has 2 aliphatic rings. The first kappa shape index (κ1) is 20.1. The second-order valence-corrected chi connectivity index (χ2v) is 9.10. The number of hydrogen-bond donors (Lipinski definition) is 1. The van der Waals surface area contributed by atoms with E-state index in [1.165, 1.54) is 0 Å². The van der Waals surface area contributed by atoms with E-state index in [4.69, 9.17) is 0 Å². The van der Waals surface area contributed by atoms with Crippen LogP contribution in [0.5, 0.6) is 0 Å². The highest BCUT2D eigenvalue weighted by Gasteiger charge is 2.40. The van der Waals surface area contributed by atoms with Crippen LogP contribution < -0.4 is 10.6 Å². The summed E-state index contributed by atoms with van der Waals surface area (Å²) in [6.07, 6.45) is 1.93. The predicted molar refractivity (Wildman–Crippen MR) is 122 cm³/mol. The van der Waals surface area contributed by atoms with Crippen molar-refractivity contribution in [1.82, 2.24) is 14.5 Å². The fourth-order valence-corrected chi connectivity index (χ4v) is 5.20. The van der Waals surface area contributed by atoms with Crippen molar-refractivity contribution >= 4 is 44.5 Å². The van der Waals surface area contributed by atoms with Gasteiger partial charge in [-0.1, -0.05) is 34.1 Å². The van der Waals surface area contributed by atoms with E-state index in [2.05, 4.69) is 20.9 Å². The van der Waals surface area contributed by atoms with Crippen LogP contribution in [0.1, 0.15) is 25.3 Å². The largest absolute Gasteiger partial charge is 0.342 e. The highest BCUT2D eigenvalue weighted by atomic mass is 79.9. The summed E-state index contributed by atoms with van der Waals surface area (Å²) in [5.74, 6) is -0.836. The molecule has 2 saturated heterocycles. The molecule has 2 fully saturated rings. The molecule has 5 rings (SSSR count). The number of nitrogens with zero attached hydrogens (tertiary/aromatic N) is 3. The van der Waals surface area contributed by atoms with Crippen LogP contribution in [0.2, 0.25) is 0 Å². The first-order valence-electron chi connectivity index (χ1n) is 10.6. The summed E-state index contributed by atoms with van der Waals surface area (Å²) in [6.45, 7) is 1.65.